The Morgan fingerprint density at radius 2 is 1.77 bits per heavy atom. The molecule has 13 heavy (non-hydrogen) atoms. The van der Waals surface area contributed by atoms with Crippen molar-refractivity contribution in [1.82, 2.24) is 15.1 Å². The summed E-state index contributed by atoms with van der Waals surface area (Å²) in [6, 6.07) is 0. The fourth-order valence-corrected chi connectivity index (χ4v) is 2.01. The van der Waals surface area contributed by atoms with Gasteiger partial charge < -0.3 is 4.90 Å². The third-order valence-electron chi connectivity index (χ3n) is 1.37. The second kappa shape index (κ2) is 5.83. The van der Waals surface area contributed by atoms with Gasteiger partial charge in [0.15, 0.2) is 0 Å². The van der Waals surface area contributed by atoms with E-state index < -0.39 is 7.87 Å². The lowest BCUT2D eigenvalue weighted by Crippen LogP contribution is -2.29. The van der Waals surface area contributed by atoms with E-state index in [1.54, 1.807) is 19.0 Å². The van der Waals surface area contributed by atoms with E-state index in [1.807, 2.05) is 10.2 Å². The van der Waals surface area contributed by atoms with Crippen LogP contribution in [0.4, 0.5) is 4.20 Å². The van der Waals surface area contributed by atoms with Crippen LogP contribution in [0.15, 0.2) is 0 Å². The average molecular weight is 210 g/mol. The van der Waals surface area contributed by atoms with Gasteiger partial charge in [-0.2, -0.15) is 10.2 Å². The van der Waals surface area contributed by atoms with Crippen molar-refractivity contribution in [1.29, 1.82) is 0 Å². The van der Waals surface area contributed by atoms with Crippen LogP contribution in [0, 0.1) is 0 Å². The second-order valence-corrected chi connectivity index (χ2v) is 5.13. The van der Waals surface area contributed by atoms with Gasteiger partial charge in [-0.25, -0.2) is 0 Å². The normalized spacial score (nSPS) is 11.1. The van der Waals surface area contributed by atoms with E-state index in [-0.39, 0.29) is 19.0 Å². The Hall–Kier alpha value is -0.740. The largest absolute Gasteiger partial charge is 0.394 e. The maximum absolute atomic E-state index is 13.6. The van der Waals surface area contributed by atoms with Gasteiger partial charge in [-0.05, 0) is 18.3 Å². The van der Waals surface area contributed by atoms with Crippen molar-refractivity contribution in [2.45, 2.75) is 0 Å². The minimum atomic E-state index is -3.30. The molecule has 0 aromatic rings. The molecule has 0 radical (unpaired) electrons. The predicted molar refractivity (Wildman–Crippen MR) is 49.8 cm³/mol. The van der Waals surface area contributed by atoms with Crippen LogP contribution in [0.25, 0.3) is 0 Å². The quantitative estimate of drug-likeness (QED) is 0.451. The van der Waals surface area contributed by atoms with Crippen LogP contribution in [0.2, 0.25) is 0 Å². The van der Waals surface area contributed by atoms with E-state index in [0.29, 0.717) is 6.54 Å². The number of halogens is 1. The Bertz CT molecular complexity index is 169. The second-order valence-electron chi connectivity index (χ2n) is 2.74. The highest BCUT2D eigenvalue weighted by Crippen LogP contribution is 2.50. The molecule has 0 atom stereocenters. The minimum Gasteiger partial charge on any atom is -0.306 e. The smallest absolute Gasteiger partial charge is 0.306 e. The number of rotatable bonds is 7. The lowest BCUT2D eigenvalue weighted by Gasteiger charge is -2.14. The van der Waals surface area contributed by atoms with E-state index in [9.17, 15) is 13.8 Å². The van der Waals surface area contributed by atoms with Crippen molar-refractivity contribution in [3.05, 3.63) is 0 Å². The Balaban J connectivity index is 4.05. The van der Waals surface area contributed by atoms with E-state index in [0.717, 1.165) is 0 Å². The summed E-state index contributed by atoms with van der Waals surface area (Å²) < 4.78 is 13.6. The summed E-state index contributed by atoms with van der Waals surface area (Å²) in [7, 11) is 0.267. The Morgan fingerprint density at radius 1 is 1.31 bits per heavy atom. The maximum atomic E-state index is 13.6. The van der Waals surface area contributed by atoms with Crippen molar-refractivity contribution in [3.63, 3.8) is 0 Å². The molecule has 0 saturated carbocycles. The molecule has 0 aliphatic heterocycles. The minimum absolute atomic E-state index is 0.109. The van der Waals surface area contributed by atoms with Gasteiger partial charge in [-0.15, -0.1) is 0 Å². The van der Waals surface area contributed by atoms with Crippen molar-refractivity contribution in [3.8, 4) is 0 Å². The first-order valence-corrected chi connectivity index (χ1v) is 5.56. The fraction of sp³-hybridized carbons (Fsp3) is 0.667. The first-order chi connectivity index (χ1) is 6.04. The molecule has 0 heterocycles. The molecule has 0 rings (SSSR count). The maximum Gasteiger partial charge on any atom is 0.394 e. The zero-order valence-electron chi connectivity index (χ0n) is 7.66. The van der Waals surface area contributed by atoms with Gasteiger partial charge >= 0.3 is 7.87 Å². The van der Waals surface area contributed by atoms with Crippen LogP contribution in [0.5, 0.6) is 0 Å². The van der Waals surface area contributed by atoms with Crippen LogP contribution in [-0.4, -0.2) is 44.5 Å². The molecule has 0 spiro atoms. The number of carbonyl (C=O) groups excluding carboxylic acids is 2. The Labute approximate surface area is 77.2 Å². The summed E-state index contributed by atoms with van der Waals surface area (Å²) in [6.45, 7) is 0.464. The van der Waals surface area contributed by atoms with Crippen LogP contribution >= 0.6 is 7.87 Å². The Morgan fingerprint density at radius 3 is 2.08 bits per heavy atom. The van der Waals surface area contributed by atoms with Crippen LogP contribution in [0.1, 0.15) is 0 Å². The number of hydrogen-bond acceptors (Lipinski definition) is 3. The van der Waals surface area contributed by atoms with Gasteiger partial charge in [0, 0.05) is 6.54 Å². The molecular formula is C6H14FN3O2P+. The molecule has 0 unspecified atom stereocenters. The van der Waals surface area contributed by atoms with E-state index in [1.165, 1.54) is 0 Å². The van der Waals surface area contributed by atoms with Gasteiger partial charge in [0.2, 0.25) is 12.8 Å². The molecule has 0 aliphatic carbocycles. The number of amides is 2. The highest BCUT2D eigenvalue weighted by atomic mass is 31.2. The number of nitrogens with one attached hydrogen (secondary N) is 2. The van der Waals surface area contributed by atoms with Crippen LogP contribution < -0.4 is 10.2 Å². The molecule has 7 heteroatoms. The SMILES string of the molecule is CN(C)CC[P+](F)(NC=O)NC=O. The molecule has 0 bridgehead atoms. The Kier molecular flexibility index (Phi) is 5.50. The predicted octanol–water partition coefficient (Wildman–Crippen LogP) is -0.228. The summed E-state index contributed by atoms with van der Waals surface area (Å²) in [5.74, 6) is 0. The third-order valence-corrected chi connectivity index (χ3v) is 3.22. The van der Waals surface area contributed by atoms with Gasteiger partial charge in [0.1, 0.15) is 6.16 Å². The first kappa shape index (κ1) is 12.3. The third kappa shape index (κ3) is 5.49. The van der Waals surface area contributed by atoms with E-state index in [4.69, 9.17) is 0 Å². The molecular weight excluding hydrogens is 196 g/mol. The highest BCUT2D eigenvalue weighted by molar-refractivity contribution is 7.68. The summed E-state index contributed by atoms with van der Waals surface area (Å²) >= 11 is 0. The highest BCUT2D eigenvalue weighted by Gasteiger charge is 2.39. The number of hydrogen-bond donors (Lipinski definition) is 2. The van der Waals surface area contributed by atoms with Crippen LogP contribution in [0.3, 0.4) is 0 Å². The molecule has 0 aromatic carbocycles. The summed E-state index contributed by atoms with van der Waals surface area (Å²) in [5, 5.41) is 4.02. The lowest BCUT2D eigenvalue weighted by molar-refractivity contribution is -0.108. The summed E-state index contributed by atoms with van der Waals surface area (Å²) in [4.78, 5) is 21.9. The first-order valence-electron chi connectivity index (χ1n) is 3.69. The van der Waals surface area contributed by atoms with Crippen molar-refractivity contribution in [2.75, 3.05) is 26.8 Å². The monoisotopic (exact) mass is 210 g/mol. The van der Waals surface area contributed by atoms with Gasteiger partial charge in [-0.1, -0.05) is 0 Å². The molecule has 0 fully saturated rings. The molecule has 2 amide bonds. The zero-order valence-corrected chi connectivity index (χ0v) is 8.55. The summed E-state index contributed by atoms with van der Waals surface area (Å²) in [5.41, 5.74) is 0. The molecule has 0 aromatic heterocycles. The molecule has 76 valence electrons. The van der Waals surface area contributed by atoms with Crippen molar-refractivity contribution >= 4 is 20.7 Å². The fourth-order valence-electron chi connectivity index (χ4n) is 0.671. The standard InChI is InChI=1S/C6H13FN3O2P/c1-10(2)3-4-13(7,8-5-11)9-6-12/h5-6H,3-4H2,1-2H3,(H-,8,9,11,12)/p+1. The van der Waals surface area contributed by atoms with Crippen LogP contribution in [-0.2, 0) is 9.59 Å². The number of carbonyl (C=O) groups is 2. The zero-order chi connectivity index (χ0) is 10.3. The molecule has 2 N–H and O–H groups in total. The molecule has 0 aliphatic rings. The lowest BCUT2D eigenvalue weighted by atomic mass is 10.7. The molecule has 5 nitrogen and oxygen atoms in total. The van der Waals surface area contributed by atoms with Crippen molar-refractivity contribution < 1.29 is 13.8 Å². The average Bonchev–Trinajstić information content (AvgIpc) is 2.02. The van der Waals surface area contributed by atoms with Gasteiger partial charge in [-0.3, -0.25) is 9.59 Å². The number of nitrogens with zero attached hydrogens (tertiary/aromatic N) is 1. The summed E-state index contributed by atoms with van der Waals surface area (Å²) in [6.07, 6.45) is 0.636. The van der Waals surface area contributed by atoms with Gasteiger partial charge in [0.25, 0.3) is 0 Å². The molecule has 0 saturated heterocycles. The van der Waals surface area contributed by atoms with Gasteiger partial charge in [0.05, 0.1) is 0 Å². The topological polar surface area (TPSA) is 61.4 Å². The van der Waals surface area contributed by atoms with E-state index >= 15 is 0 Å². The van der Waals surface area contributed by atoms with E-state index in [2.05, 4.69) is 0 Å². The van der Waals surface area contributed by atoms with Crippen molar-refractivity contribution in [2.24, 2.45) is 0 Å².